The Morgan fingerprint density at radius 2 is 2.19 bits per heavy atom. The highest BCUT2D eigenvalue weighted by Crippen LogP contribution is 2.23. The van der Waals surface area contributed by atoms with Gasteiger partial charge in [-0.25, -0.2) is 0 Å². The van der Waals surface area contributed by atoms with Crippen molar-refractivity contribution in [2.24, 2.45) is 0 Å². The molecule has 2 nitrogen and oxygen atoms in total. The smallest absolute Gasteiger partial charge is 0.135 e. The second-order valence-corrected chi connectivity index (χ2v) is 4.73. The van der Waals surface area contributed by atoms with Crippen molar-refractivity contribution in [3.8, 4) is 0 Å². The molecule has 0 fully saturated rings. The lowest BCUT2D eigenvalue weighted by Crippen LogP contribution is -2.01. The first-order chi connectivity index (χ1) is 7.66. The second kappa shape index (κ2) is 4.85. The van der Waals surface area contributed by atoms with Crippen molar-refractivity contribution < 1.29 is 9.52 Å². The van der Waals surface area contributed by atoms with Gasteiger partial charge in [0, 0.05) is 10.9 Å². The zero-order valence-corrected chi connectivity index (χ0v) is 10.6. The summed E-state index contributed by atoms with van der Waals surface area (Å²) in [5, 5.41) is 10.0. The number of halogens is 1. The summed E-state index contributed by atoms with van der Waals surface area (Å²) in [6.45, 7) is 1.93. The van der Waals surface area contributed by atoms with E-state index in [4.69, 9.17) is 4.42 Å². The summed E-state index contributed by atoms with van der Waals surface area (Å²) in [7, 11) is 0. The third-order valence-electron chi connectivity index (χ3n) is 2.52. The number of hydrogen-bond acceptors (Lipinski definition) is 2. The Morgan fingerprint density at radius 1 is 1.38 bits per heavy atom. The Hall–Kier alpha value is -1.06. The minimum Gasteiger partial charge on any atom is -0.466 e. The predicted octanol–water partition coefficient (Wildman–Crippen LogP) is 3.63. The summed E-state index contributed by atoms with van der Waals surface area (Å²) in [5.74, 6) is 0.653. The Labute approximate surface area is 103 Å². The average Bonchev–Trinajstić information content (AvgIpc) is 2.64. The Balaban J connectivity index is 2.14. The normalized spacial score (nSPS) is 12.7. The van der Waals surface area contributed by atoms with Gasteiger partial charge in [-0.3, -0.25) is 0 Å². The van der Waals surface area contributed by atoms with Crippen LogP contribution in [0.4, 0.5) is 0 Å². The maximum absolute atomic E-state index is 10.0. The number of furan rings is 1. The molecule has 0 aliphatic heterocycles. The molecule has 1 heterocycles. The van der Waals surface area contributed by atoms with Crippen LogP contribution in [0.15, 0.2) is 45.5 Å². The van der Waals surface area contributed by atoms with Crippen molar-refractivity contribution in [2.75, 3.05) is 0 Å². The fourth-order valence-corrected chi connectivity index (χ4v) is 2.15. The van der Waals surface area contributed by atoms with Crippen LogP contribution in [-0.2, 0) is 6.42 Å². The largest absolute Gasteiger partial charge is 0.466 e. The van der Waals surface area contributed by atoms with Gasteiger partial charge in [-0.1, -0.05) is 28.1 Å². The lowest BCUT2D eigenvalue weighted by atomic mass is 10.0. The molecule has 0 saturated heterocycles. The average molecular weight is 281 g/mol. The van der Waals surface area contributed by atoms with E-state index in [1.807, 2.05) is 37.3 Å². The van der Waals surface area contributed by atoms with Crippen LogP contribution >= 0.6 is 15.9 Å². The van der Waals surface area contributed by atoms with Gasteiger partial charge in [0.15, 0.2) is 0 Å². The van der Waals surface area contributed by atoms with Crippen LogP contribution in [-0.4, -0.2) is 5.11 Å². The molecular weight excluding hydrogens is 268 g/mol. The van der Waals surface area contributed by atoms with Crippen LogP contribution in [0.2, 0.25) is 0 Å². The molecular formula is C13H13BrO2. The summed E-state index contributed by atoms with van der Waals surface area (Å²) < 4.78 is 6.29. The van der Waals surface area contributed by atoms with Gasteiger partial charge in [-0.15, -0.1) is 0 Å². The zero-order valence-electron chi connectivity index (χ0n) is 8.98. The minimum absolute atomic E-state index is 0.563. The van der Waals surface area contributed by atoms with Crippen molar-refractivity contribution in [3.63, 3.8) is 0 Å². The summed E-state index contributed by atoms with van der Waals surface area (Å²) in [6, 6.07) is 9.78. The molecule has 1 unspecified atom stereocenters. The van der Waals surface area contributed by atoms with Crippen LogP contribution in [0.25, 0.3) is 0 Å². The van der Waals surface area contributed by atoms with E-state index in [9.17, 15) is 5.11 Å². The molecule has 1 N–H and O–H groups in total. The first kappa shape index (κ1) is 11.4. The van der Waals surface area contributed by atoms with Crippen LogP contribution in [0.3, 0.4) is 0 Å². The van der Waals surface area contributed by atoms with Gasteiger partial charge >= 0.3 is 0 Å². The number of aliphatic hydroxyl groups is 1. The van der Waals surface area contributed by atoms with Crippen molar-refractivity contribution in [1.82, 2.24) is 0 Å². The standard InChI is InChI=1S/C13H13BrO2/c1-9-5-6-16-13(9)12(15)8-10-3-2-4-11(14)7-10/h2-7,12,15H,8H2,1H3. The highest BCUT2D eigenvalue weighted by Gasteiger charge is 2.14. The first-order valence-corrected chi connectivity index (χ1v) is 5.92. The number of hydrogen-bond donors (Lipinski definition) is 1. The minimum atomic E-state index is -0.579. The van der Waals surface area contributed by atoms with Gasteiger partial charge < -0.3 is 9.52 Å². The summed E-state index contributed by atoms with van der Waals surface area (Å²) >= 11 is 3.41. The maximum atomic E-state index is 10.0. The molecule has 0 aliphatic rings. The van der Waals surface area contributed by atoms with Gasteiger partial charge in [-0.2, -0.15) is 0 Å². The quantitative estimate of drug-likeness (QED) is 0.932. The van der Waals surface area contributed by atoms with E-state index in [1.165, 1.54) is 0 Å². The van der Waals surface area contributed by atoms with E-state index >= 15 is 0 Å². The second-order valence-electron chi connectivity index (χ2n) is 3.82. The van der Waals surface area contributed by atoms with E-state index in [0.717, 1.165) is 15.6 Å². The molecule has 16 heavy (non-hydrogen) atoms. The van der Waals surface area contributed by atoms with Crippen molar-refractivity contribution >= 4 is 15.9 Å². The zero-order chi connectivity index (χ0) is 11.5. The molecule has 2 rings (SSSR count). The molecule has 0 aliphatic carbocycles. The van der Waals surface area contributed by atoms with Crippen LogP contribution in [0, 0.1) is 6.92 Å². The fraction of sp³-hybridized carbons (Fsp3) is 0.231. The number of aryl methyl sites for hydroxylation is 1. The Bertz CT molecular complexity index is 476. The number of rotatable bonds is 3. The first-order valence-electron chi connectivity index (χ1n) is 5.13. The van der Waals surface area contributed by atoms with Gasteiger partial charge in [-0.05, 0) is 36.2 Å². The van der Waals surface area contributed by atoms with E-state index in [-0.39, 0.29) is 0 Å². The molecule has 1 aromatic heterocycles. The monoisotopic (exact) mass is 280 g/mol. The van der Waals surface area contributed by atoms with Gasteiger partial charge in [0.05, 0.1) is 6.26 Å². The fourth-order valence-electron chi connectivity index (χ4n) is 1.71. The predicted molar refractivity (Wildman–Crippen MR) is 66.3 cm³/mol. The molecule has 84 valence electrons. The Kier molecular flexibility index (Phi) is 3.46. The lowest BCUT2D eigenvalue weighted by Gasteiger charge is -2.09. The molecule has 0 amide bonds. The van der Waals surface area contributed by atoms with E-state index < -0.39 is 6.10 Å². The lowest BCUT2D eigenvalue weighted by molar-refractivity contribution is 0.149. The molecule has 2 aromatic rings. The highest BCUT2D eigenvalue weighted by molar-refractivity contribution is 9.10. The molecule has 3 heteroatoms. The summed E-state index contributed by atoms with van der Waals surface area (Å²) in [6.07, 6.45) is 1.59. The van der Waals surface area contributed by atoms with Crippen LogP contribution in [0.1, 0.15) is 23.0 Å². The topological polar surface area (TPSA) is 33.4 Å². The molecule has 0 spiro atoms. The van der Waals surface area contributed by atoms with E-state index in [0.29, 0.717) is 12.2 Å². The SMILES string of the molecule is Cc1ccoc1C(O)Cc1cccc(Br)c1. The third-order valence-corrected chi connectivity index (χ3v) is 3.02. The number of benzene rings is 1. The number of aliphatic hydroxyl groups excluding tert-OH is 1. The third kappa shape index (κ3) is 2.54. The van der Waals surface area contributed by atoms with E-state index in [1.54, 1.807) is 6.26 Å². The van der Waals surface area contributed by atoms with E-state index in [2.05, 4.69) is 15.9 Å². The molecule has 0 saturated carbocycles. The van der Waals surface area contributed by atoms with Crippen LogP contribution < -0.4 is 0 Å². The maximum Gasteiger partial charge on any atom is 0.135 e. The van der Waals surface area contributed by atoms with Crippen LogP contribution in [0.5, 0.6) is 0 Å². The van der Waals surface area contributed by atoms with Gasteiger partial charge in [0.2, 0.25) is 0 Å². The molecule has 1 aromatic carbocycles. The molecule has 0 bridgehead atoms. The summed E-state index contributed by atoms with van der Waals surface area (Å²) in [4.78, 5) is 0. The van der Waals surface area contributed by atoms with Crippen molar-refractivity contribution in [2.45, 2.75) is 19.4 Å². The summed E-state index contributed by atoms with van der Waals surface area (Å²) in [5.41, 5.74) is 2.07. The van der Waals surface area contributed by atoms with Crippen molar-refractivity contribution in [3.05, 3.63) is 58.0 Å². The molecule has 1 atom stereocenters. The van der Waals surface area contributed by atoms with Gasteiger partial charge in [0.1, 0.15) is 11.9 Å². The highest BCUT2D eigenvalue weighted by atomic mass is 79.9. The molecule has 0 radical (unpaired) electrons. The Morgan fingerprint density at radius 3 is 2.81 bits per heavy atom. The van der Waals surface area contributed by atoms with Gasteiger partial charge in [0.25, 0.3) is 0 Å². The van der Waals surface area contributed by atoms with Crippen molar-refractivity contribution in [1.29, 1.82) is 0 Å².